The molecule has 1 aromatic carbocycles. The van der Waals surface area contributed by atoms with Crippen LogP contribution >= 0.6 is 0 Å². The summed E-state index contributed by atoms with van der Waals surface area (Å²) in [7, 11) is 1.62. The number of hydrogen-bond acceptors (Lipinski definition) is 6. The van der Waals surface area contributed by atoms with Gasteiger partial charge in [-0.05, 0) is 43.8 Å². The first-order valence-corrected chi connectivity index (χ1v) is 8.74. The maximum Gasteiger partial charge on any atom is 0.320 e. The van der Waals surface area contributed by atoms with Gasteiger partial charge >= 0.3 is 5.97 Å². The molecule has 3 aliphatic rings. The summed E-state index contributed by atoms with van der Waals surface area (Å²) >= 11 is 0. The van der Waals surface area contributed by atoms with Crippen LogP contribution in [0, 0.1) is 5.41 Å². The van der Waals surface area contributed by atoms with Crippen LogP contribution in [-0.2, 0) is 11.3 Å². The fraction of sp³-hybridized carbons (Fsp3) is 0.611. The van der Waals surface area contributed by atoms with Gasteiger partial charge < -0.3 is 24.6 Å². The Labute approximate surface area is 146 Å². The number of nitrogens with one attached hydrogen (secondary N) is 1. The van der Waals surface area contributed by atoms with Gasteiger partial charge in [0.05, 0.1) is 7.11 Å². The van der Waals surface area contributed by atoms with Gasteiger partial charge in [-0.3, -0.25) is 9.69 Å². The van der Waals surface area contributed by atoms with Crippen molar-refractivity contribution in [2.75, 3.05) is 33.5 Å². The second-order valence-electron chi connectivity index (χ2n) is 7.23. The van der Waals surface area contributed by atoms with Gasteiger partial charge in [-0.1, -0.05) is 0 Å². The van der Waals surface area contributed by atoms with Gasteiger partial charge in [0.15, 0.2) is 11.5 Å². The summed E-state index contributed by atoms with van der Waals surface area (Å²) in [5.41, 5.74) is 1.04. The Hall–Kier alpha value is -1.99. The lowest BCUT2D eigenvalue weighted by molar-refractivity contribution is -0.142. The molecule has 0 radical (unpaired) electrons. The molecule has 1 aromatic rings. The number of carbonyl (C=O) groups is 1. The van der Waals surface area contributed by atoms with Crippen LogP contribution in [0.4, 0.5) is 0 Å². The van der Waals surface area contributed by atoms with E-state index in [1.807, 2.05) is 12.1 Å². The van der Waals surface area contributed by atoms with E-state index in [0.29, 0.717) is 23.8 Å². The van der Waals surface area contributed by atoms with E-state index in [1.165, 1.54) is 0 Å². The molecule has 1 unspecified atom stereocenters. The maximum atomic E-state index is 11.8. The molecule has 2 fully saturated rings. The molecular weight excluding hydrogens is 324 g/mol. The van der Waals surface area contributed by atoms with E-state index in [1.54, 1.807) is 7.11 Å². The molecular formula is C18H24N2O5. The number of piperidine rings is 1. The van der Waals surface area contributed by atoms with Crippen LogP contribution in [0.3, 0.4) is 0 Å². The van der Waals surface area contributed by atoms with Crippen molar-refractivity contribution in [3.63, 3.8) is 0 Å². The van der Waals surface area contributed by atoms with Gasteiger partial charge in [-0.25, -0.2) is 0 Å². The number of methoxy groups -OCH3 is 1. The van der Waals surface area contributed by atoms with Crippen molar-refractivity contribution >= 4 is 5.97 Å². The average Bonchev–Trinajstić information content (AvgIpc) is 3.19. The first-order chi connectivity index (χ1) is 12.1. The Morgan fingerprint density at radius 1 is 1.36 bits per heavy atom. The third kappa shape index (κ3) is 3.02. The summed E-state index contributed by atoms with van der Waals surface area (Å²) in [4.78, 5) is 13.9. The normalized spacial score (nSPS) is 24.6. The van der Waals surface area contributed by atoms with Crippen molar-refractivity contribution in [1.82, 2.24) is 10.2 Å². The lowest BCUT2D eigenvalue weighted by Gasteiger charge is -2.33. The minimum Gasteiger partial charge on any atom is -0.496 e. The third-order valence-corrected chi connectivity index (χ3v) is 5.70. The van der Waals surface area contributed by atoms with Gasteiger partial charge in [-0.2, -0.15) is 0 Å². The number of carboxylic acid groups (broad SMARTS) is 1. The van der Waals surface area contributed by atoms with Gasteiger partial charge in [0.1, 0.15) is 11.8 Å². The number of benzene rings is 1. The number of nitrogens with zero attached hydrogens (tertiary/aromatic N) is 1. The number of ether oxygens (including phenoxy) is 3. The zero-order valence-electron chi connectivity index (χ0n) is 14.4. The molecule has 7 nitrogen and oxygen atoms in total. The standard InChI is InChI=1S/C18H24N2O5/c1-23-14-7-16-15(24-11-25-16)6-12(14)9-20-10-18(2-4-19-5-3-18)8-13(20)17(21)22/h6-7,13,19H,2-5,8-11H2,1H3,(H,21,22). The summed E-state index contributed by atoms with van der Waals surface area (Å²) in [5.74, 6) is 1.33. The maximum absolute atomic E-state index is 11.8. The number of aliphatic carboxylic acids is 1. The summed E-state index contributed by atoms with van der Waals surface area (Å²) in [5, 5.41) is 13.1. The Bertz CT molecular complexity index is 672. The summed E-state index contributed by atoms with van der Waals surface area (Å²) in [6.07, 6.45) is 2.79. The Morgan fingerprint density at radius 3 is 2.76 bits per heavy atom. The lowest BCUT2D eigenvalue weighted by Crippen LogP contribution is -2.38. The first kappa shape index (κ1) is 16.5. The SMILES string of the molecule is COc1cc2c(cc1CN1CC3(CCNCC3)CC1C(=O)O)OCO2. The molecule has 0 amide bonds. The van der Waals surface area contributed by atoms with Gasteiger partial charge in [0.25, 0.3) is 0 Å². The Kier molecular flexibility index (Phi) is 4.21. The van der Waals surface area contributed by atoms with E-state index < -0.39 is 12.0 Å². The number of hydrogen-bond donors (Lipinski definition) is 2. The van der Waals surface area contributed by atoms with Crippen molar-refractivity contribution in [2.24, 2.45) is 5.41 Å². The summed E-state index contributed by atoms with van der Waals surface area (Å²) in [6.45, 7) is 3.48. The van der Waals surface area contributed by atoms with E-state index in [0.717, 1.165) is 44.5 Å². The fourth-order valence-electron chi connectivity index (χ4n) is 4.37. The molecule has 25 heavy (non-hydrogen) atoms. The number of likely N-dealkylation sites (tertiary alicyclic amines) is 1. The number of fused-ring (bicyclic) bond motifs is 1. The van der Waals surface area contributed by atoms with Crippen LogP contribution in [0.1, 0.15) is 24.8 Å². The van der Waals surface area contributed by atoms with Gasteiger partial charge in [0.2, 0.25) is 6.79 Å². The smallest absolute Gasteiger partial charge is 0.320 e. The largest absolute Gasteiger partial charge is 0.496 e. The van der Waals surface area contributed by atoms with Gasteiger partial charge in [-0.15, -0.1) is 0 Å². The van der Waals surface area contributed by atoms with E-state index in [4.69, 9.17) is 14.2 Å². The molecule has 2 saturated heterocycles. The third-order valence-electron chi connectivity index (χ3n) is 5.70. The van der Waals surface area contributed by atoms with Crippen LogP contribution < -0.4 is 19.5 Å². The van der Waals surface area contributed by atoms with Crippen molar-refractivity contribution in [3.05, 3.63) is 17.7 Å². The van der Waals surface area contributed by atoms with Crippen molar-refractivity contribution < 1.29 is 24.1 Å². The number of carboxylic acids is 1. The molecule has 1 atom stereocenters. The van der Waals surface area contributed by atoms with E-state index in [-0.39, 0.29) is 12.2 Å². The highest BCUT2D eigenvalue weighted by molar-refractivity contribution is 5.74. The average molecular weight is 348 g/mol. The molecule has 0 bridgehead atoms. The molecule has 4 rings (SSSR count). The molecule has 3 heterocycles. The predicted molar refractivity (Wildman–Crippen MR) is 90.1 cm³/mol. The number of rotatable bonds is 4. The van der Waals surface area contributed by atoms with Crippen molar-refractivity contribution in [3.8, 4) is 17.2 Å². The second kappa shape index (κ2) is 6.38. The summed E-state index contributed by atoms with van der Waals surface area (Å²) in [6, 6.07) is 3.28. The molecule has 7 heteroatoms. The minimum absolute atomic E-state index is 0.109. The molecule has 0 saturated carbocycles. The van der Waals surface area contributed by atoms with Crippen LogP contribution in [-0.4, -0.2) is 55.6 Å². The summed E-state index contributed by atoms with van der Waals surface area (Å²) < 4.78 is 16.4. The highest BCUT2D eigenvalue weighted by atomic mass is 16.7. The minimum atomic E-state index is -0.741. The Morgan fingerprint density at radius 2 is 2.08 bits per heavy atom. The van der Waals surface area contributed by atoms with E-state index >= 15 is 0 Å². The monoisotopic (exact) mass is 348 g/mol. The molecule has 0 aromatic heterocycles. The predicted octanol–water partition coefficient (Wildman–Crippen LogP) is 1.45. The Balaban J connectivity index is 1.59. The van der Waals surface area contributed by atoms with Crippen LogP contribution in [0.5, 0.6) is 17.2 Å². The molecule has 0 aliphatic carbocycles. The molecule has 2 N–H and O–H groups in total. The van der Waals surface area contributed by atoms with Crippen LogP contribution in [0.15, 0.2) is 12.1 Å². The van der Waals surface area contributed by atoms with Crippen molar-refractivity contribution in [1.29, 1.82) is 0 Å². The highest BCUT2D eigenvalue weighted by Gasteiger charge is 2.47. The lowest BCUT2D eigenvalue weighted by atomic mass is 9.77. The van der Waals surface area contributed by atoms with Crippen molar-refractivity contribution in [2.45, 2.75) is 31.8 Å². The highest BCUT2D eigenvalue weighted by Crippen LogP contribution is 2.44. The van der Waals surface area contributed by atoms with E-state index in [2.05, 4.69) is 10.2 Å². The first-order valence-electron chi connectivity index (χ1n) is 8.74. The zero-order chi connectivity index (χ0) is 17.4. The quantitative estimate of drug-likeness (QED) is 0.852. The molecule has 3 aliphatic heterocycles. The zero-order valence-corrected chi connectivity index (χ0v) is 14.4. The molecule has 1 spiro atoms. The van der Waals surface area contributed by atoms with Crippen LogP contribution in [0.25, 0.3) is 0 Å². The topological polar surface area (TPSA) is 80.3 Å². The fourth-order valence-corrected chi connectivity index (χ4v) is 4.37. The van der Waals surface area contributed by atoms with Gasteiger partial charge in [0, 0.05) is 24.7 Å². The second-order valence-corrected chi connectivity index (χ2v) is 7.23. The van der Waals surface area contributed by atoms with E-state index in [9.17, 15) is 9.90 Å². The van der Waals surface area contributed by atoms with Crippen LogP contribution in [0.2, 0.25) is 0 Å². The molecule has 136 valence electrons.